The predicted octanol–water partition coefficient (Wildman–Crippen LogP) is 1.83. The van der Waals surface area contributed by atoms with E-state index in [4.69, 9.17) is 0 Å². The number of carbonyl (C=O) groups is 2. The molecule has 0 saturated heterocycles. The molecular formula is C9H16O2. The van der Waals surface area contributed by atoms with Gasteiger partial charge in [0, 0.05) is 12.8 Å². The highest BCUT2D eigenvalue weighted by atomic mass is 16.2. The fourth-order valence-corrected chi connectivity index (χ4v) is 0.933. The molecule has 2 unspecified atom stereocenters. The molecule has 0 heterocycles. The van der Waals surface area contributed by atoms with Crippen LogP contribution in [0.2, 0.25) is 0 Å². The molecule has 0 rings (SSSR count). The number of Topliss-reactive ketones (excluding diaryl/α,β-unsaturated/α-hetero) is 2. The van der Waals surface area contributed by atoms with Crippen LogP contribution in [0.15, 0.2) is 0 Å². The van der Waals surface area contributed by atoms with Crippen LogP contribution >= 0.6 is 0 Å². The topological polar surface area (TPSA) is 34.1 Å². The fourth-order valence-electron chi connectivity index (χ4n) is 0.933. The third kappa shape index (κ3) is 2.83. The van der Waals surface area contributed by atoms with Crippen LogP contribution in [0.5, 0.6) is 0 Å². The van der Waals surface area contributed by atoms with E-state index in [2.05, 4.69) is 0 Å². The second-order valence-electron chi connectivity index (χ2n) is 3.09. The van der Waals surface area contributed by atoms with Crippen molar-refractivity contribution in [2.75, 3.05) is 0 Å². The number of carbonyl (C=O) groups excluding carboxylic acids is 2. The highest BCUT2D eigenvalue weighted by Gasteiger charge is 2.21. The molecule has 0 aromatic rings. The Bertz CT molecular complexity index is 161. The van der Waals surface area contributed by atoms with Crippen molar-refractivity contribution in [2.45, 2.75) is 34.1 Å². The van der Waals surface area contributed by atoms with E-state index in [1.54, 1.807) is 0 Å². The SMILES string of the molecule is CCC(C)C(C)C(=O)C(C)=O. The van der Waals surface area contributed by atoms with Crippen molar-refractivity contribution in [3.63, 3.8) is 0 Å². The van der Waals surface area contributed by atoms with E-state index in [1.807, 2.05) is 20.8 Å². The lowest BCUT2D eigenvalue weighted by Crippen LogP contribution is -2.24. The quantitative estimate of drug-likeness (QED) is 0.582. The Kier molecular flexibility index (Phi) is 4.01. The zero-order valence-corrected chi connectivity index (χ0v) is 7.68. The Hall–Kier alpha value is -0.660. The van der Waals surface area contributed by atoms with Gasteiger partial charge < -0.3 is 0 Å². The van der Waals surface area contributed by atoms with Gasteiger partial charge in [-0.15, -0.1) is 0 Å². The van der Waals surface area contributed by atoms with Gasteiger partial charge in [0.05, 0.1) is 0 Å². The molecular weight excluding hydrogens is 140 g/mol. The minimum Gasteiger partial charge on any atom is -0.291 e. The van der Waals surface area contributed by atoms with Crippen LogP contribution in [0.25, 0.3) is 0 Å². The summed E-state index contributed by atoms with van der Waals surface area (Å²) in [7, 11) is 0. The normalized spacial score (nSPS) is 15.6. The van der Waals surface area contributed by atoms with E-state index in [0.29, 0.717) is 5.92 Å². The third-order valence-electron chi connectivity index (χ3n) is 2.26. The molecule has 0 spiro atoms. The minimum absolute atomic E-state index is 0.113. The highest BCUT2D eigenvalue weighted by Crippen LogP contribution is 2.15. The van der Waals surface area contributed by atoms with Crippen molar-refractivity contribution in [1.82, 2.24) is 0 Å². The predicted molar refractivity (Wildman–Crippen MR) is 44.3 cm³/mol. The zero-order valence-electron chi connectivity index (χ0n) is 7.68. The lowest BCUT2D eigenvalue weighted by atomic mass is 9.88. The molecule has 0 radical (unpaired) electrons. The second kappa shape index (κ2) is 4.27. The molecule has 0 aliphatic heterocycles. The smallest absolute Gasteiger partial charge is 0.201 e. The largest absolute Gasteiger partial charge is 0.291 e. The van der Waals surface area contributed by atoms with Crippen molar-refractivity contribution in [3.05, 3.63) is 0 Å². The number of hydrogen-bond donors (Lipinski definition) is 0. The van der Waals surface area contributed by atoms with Crippen LogP contribution in [0.4, 0.5) is 0 Å². The summed E-state index contributed by atoms with van der Waals surface area (Å²) in [5.74, 6) is -0.360. The van der Waals surface area contributed by atoms with Gasteiger partial charge in [0.1, 0.15) is 0 Å². The fraction of sp³-hybridized carbons (Fsp3) is 0.778. The molecule has 0 bridgehead atoms. The van der Waals surface area contributed by atoms with Gasteiger partial charge in [0.25, 0.3) is 0 Å². The van der Waals surface area contributed by atoms with E-state index < -0.39 is 0 Å². The van der Waals surface area contributed by atoms with Gasteiger partial charge in [0.15, 0.2) is 5.78 Å². The Balaban J connectivity index is 4.13. The first-order chi connectivity index (χ1) is 5.00. The van der Waals surface area contributed by atoms with Crippen LogP contribution in [-0.4, -0.2) is 11.6 Å². The molecule has 0 fully saturated rings. The van der Waals surface area contributed by atoms with Crippen LogP contribution in [-0.2, 0) is 9.59 Å². The maximum Gasteiger partial charge on any atom is 0.201 e. The van der Waals surface area contributed by atoms with Crippen molar-refractivity contribution in [2.24, 2.45) is 11.8 Å². The lowest BCUT2D eigenvalue weighted by Gasteiger charge is -2.14. The molecule has 64 valence electrons. The van der Waals surface area contributed by atoms with Crippen LogP contribution in [0.3, 0.4) is 0 Å². The van der Waals surface area contributed by atoms with E-state index in [-0.39, 0.29) is 17.5 Å². The average Bonchev–Trinajstić information content (AvgIpc) is 2.00. The molecule has 0 aromatic carbocycles. The van der Waals surface area contributed by atoms with Crippen molar-refractivity contribution in [1.29, 1.82) is 0 Å². The summed E-state index contributed by atoms with van der Waals surface area (Å²) in [6.45, 7) is 7.17. The maximum atomic E-state index is 11.1. The van der Waals surface area contributed by atoms with Gasteiger partial charge in [-0.1, -0.05) is 27.2 Å². The molecule has 0 aliphatic carbocycles. The first-order valence-electron chi connectivity index (χ1n) is 4.05. The summed E-state index contributed by atoms with van der Waals surface area (Å²) in [5, 5.41) is 0. The first-order valence-corrected chi connectivity index (χ1v) is 4.05. The van der Waals surface area contributed by atoms with Crippen molar-refractivity contribution >= 4 is 11.6 Å². The molecule has 0 N–H and O–H groups in total. The third-order valence-corrected chi connectivity index (χ3v) is 2.26. The van der Waals surface area contributed by atoms with Crippen LogP contribution in [0.1, 0.15) is 34.1 Å². The van der Waals surface area contributed by atoms with Crippen molar-refractivity contribution in [3.8, 4) is 0 Å². The number of ketones is 2. The molecule has 2 nitrogen and oxygen atoms in total. The van der Waals surface area contributed by atoms with E-state index in [9.17, 15) is 9.59 Å². The lowest BCUT2D eigenvalue weighted by molar-refractivity contribution is -0.138. The molecule has 0 aromatic heterocycles. The van der Waals surface area contributed by atoms with E-state index >= 15 is 0 Å². The molecule has 2 atom stereocenters. The molecule has 11 heavy (non-hydrogen) atoms. The van der Waals surface area contributed by atoms with Gasteiger partial charge in [-0.3, -0.25) is 9.59 Å². The maximum absolute atomic E-state index is 11.1. The number of hydrogen-bond acceptors (Lipinski definition) is 2. The Labute approximate surface area is 68.0 Å². The standard InChI is InChI=1S/C9H16O2/c1-5-6(2)7(3)9(11)8(4)10/h6-7H,5H2,1-4H3. The van der Waals surface area contributed by atoms with E-state index in [0.717, 1.165) is 6.42 Å². The second-order valence-corrected chi connectivity index (χ2v) is 3.09. The molecule has 0 amide bonds. The van der Waals surface area contributed by atoms with Gasteiger partial charge in [-0.05, 0) is 5.92 Å². The Morgan fingerprint density at radius 1 is 1.27 bits per heavy atom. The van der Waals surface area contributed by atoms with Crippen LogP contribution < -0.4 is 0 Å². The summed E-state index contributed by atoms with van der Waals surface area (Å²) in [5.41, 5.74) is 0. The van der Waals surface area contributed by atoms with Gasteiger partial charge in [-0.25, -0.2) is 0 Å². The van der Waals surface area contributed by atoms with Crippen LogP contribution in [0, 0.1) is 11.8 Å². The van der Waals surface area contributed by atoms with Gasteiger partial charge in [-0.2, -0.15) is 0 Å². The Morgan fingerprint density at radius 3 is 2.00 bits per heavy atom. The summed E-state index contributed by atoms with van der Waals surface area (Å²) in [4.78, 5) is 21.7. The highest BCUT2D eigenvalue weighted by molar-refractivity contribution is 6.36. The van der Waals surface area contributed by atoms with Gasteiger partial charge >= 0.3 is 0 Å². The van der Waals surface area contributed by atoms with Crippen molar-refractivity contribution < 1.29 is 9.59 Å². The monoisotopic (exact) mass is 156 g/mol. The Morgan fingerprint density at radius 2 is 1.73 bits per heavy atom. The minimum atomic E-state index is -0.321. The van der Waals surface area contributed by atoms with Gasteiger partial charge in [0.2, 0.25) is 5.78 Å². The summed E-state index contributed by atoms with van der Waals surface area (Å²) >= 11 is 0. The summed E-state index contributed by atoms with van der Waals surface area (Å²) < 4.78 is 0. The summed E-state index contributed by atoms with van der Waals surface area (Å²) in [6.07, 6.45) is 0.945. The number of rotatable bonds is 4. The summed E-state index contributed by atoms with van der Waals surface area (Å²) in [6, 6.07) is 0. The molecule has 2 heteroatoms. The molecule has 0 aliphatic rings. The zero-order chi connectivity index (χ0) is 9.02. The molecule has 0 saturated carbocycles. The first kappa shape index (κ1) is 10.3. The average molecular weight is 156 g/mol. The van der Waals surface area contributed by atoms with E-state index in [1.165, 1.54) is 6.92 Å².